The Balaban J connectivity index is 2.49. The minimum absolute atomic E-state index is 0.519. The van der Waals surface area contributed by atoms with Crippen LogP contribution >= 0.6 is 0 Å². The maximum absolute atomic E-state index is 4.07. The first-order chi connectivity index (χ1) is 7.15. The molecule has 84 valence electrons. The van der Waals surface area contributed by atoms with Crippen LogP contribution < -0.4 is 0 Å². The Bertz CT molecular complexity index is 270. The Morgan fingerprint density at radius 1 is 1.53 bits per heavy atom. The lowest BCUT2D eigenvalue weighted by Gasteiger charge is -2.50. The largest absolute Gasteiger partial charge is 0.369 e. The molecular weight excluding hydrogens is 184 g/mol. The van der Waals surface area contributed by atoms with Gasteiger partial charge in [-0.05, 0) is 13.3 Å². The maximum Gasteiger partial charge on any atom is 0.0509 e. The molecule has 0 aromatic rings. The highest BCUT2D eigenvalue weighted by molar-refractivity contribution is 5.78. The number of aliphatic imine (C=N–C) groups is 1. The van der Waals surface area contributed by atoms with Gasteiger partial charge in [-0.1, -0.05) is 32.9 Å². The van der Waals surface area contributed by atoms with Gasteiger partial charge in [-0.15, -0.1) is 0 Å². The van der Waals surface area contributed by atoms with Crippen molar-refractivity contribution in [3.05, 3.63) is 24.6 Å². The van der Waals surface area contributed by atoms with E-state index >= 15 is 0 Å². The van der Waals surface area contributed by atoms with E-state index in [2.05, 4.69) is 43.3 Å². The number of nitrogens with zero attached hydrogens (tertiary/aromatic N) is 2. The van der Waals surface area contributed by atoms with Crippen molar-refractivity contribution in [2.24, 2.45) is 10.4 Å². The molecule has 2 heteroatoms. The van der Waals surface area contributed by atoms with E-state index in [-0.39, 0.29) is 0 Å². The Morgan fingerprint density at radius 3 is 2.67 bits per heavy atom. The molecule has 1 aliphatic rings. The third-order valence-corrected chi connectivity index (χ3v) is 2.97. The Kier molecular flexibility index (Phi) is 4.13. The monoisotopic (exact) mass is 206 g/mol. The minimum atomic E-state index is 0.519. The van der Waals surface area contributed by atoms with Crippen molar-refractivity contribution in [2.45, 2.75) is 33.6 Å². The van der Waals surface area contributed by atoms with Gasteiger partial charge < -0.3 is 4.90 Å². The van der Waals surface area contributed by atoms with Gasteiger partial charge in [0.2, 0.25) is 0 Å². The molecule has 0 saturated carbocycles. The first kappa shape index (κ1) is 12.0. The summed E-state index contributed by atoms with van der Waals surface area (Å²) in [6, 6.07) is 0. The first-order valence-electron chi connectivity index (χ1n) is 5.70. The second-order valence-corrected chi connectivity index (χ2v) is 4.59. The SMILES string of the molecule is C=CN=C/C(=C\C)N1CC(C)(CCC)C1. The maximum atomic E-state index is 4.07. The zero-order chi connectivity index (χ0) is 11.3. The van der Waals surface area contributed by atoms with Gasteiger partial charge in [-0.2, -0.15) is 0 Å². The van der Waals surface area contributed by atoms with E-state index in [0.29, 0.717) is 5.41 Å². The molecule has 0 aromatic carbocycles. The summed E-state index contributed by atoms with van der Waals surface area (Å²) in [4.78, 5) is 6.45. The molecule has 1 rings (SSSR count). The van der Waals surface area contributed by atoms with Gasteiger partial charge in [0, 0.05) is 30.9 Å². The van der Waals surface area contributed by atoms with Crippen LogP contribution in [-0.4, -0.2) is 24.2 Å². The summed E-state index contributed by atoms with van der Waals surface area (Å²) >= 11 is 0. The van der Waals surface area contributed by atoms with Crippen LogP contribution in [0.3, 0.4) is 0 Å². The van der Waals surface area contributed by atoms with Crippen molar-refractivity contribution in [2.75, 3.05) is 13.1 Å². The van der Waals surface area contributed by atoms with Gasteiger partial charge >= 0.3 is 0 Å². The molecule has 0 aliphatic carbocycles. The molecule has 0 spiro atoms. The van der Waals surface area contributed by atoms with Crippen LogP contribution in [0.4, 0.5) is 0 Å². The fraction of sp³-hybridized carbons (Fsp3) is 0.615. The zero-order valence-electron chi connectivity index (χ0n) is 10.2. The molecule has 2 nitrogen and oxygen atoms in total. The van der Waals surface area contributed by atoms with E-state index in [1.165, 1.54) is 18.5 Å². The number of rotatable bonds is 5. The molecule has 15 heavy (non-hydrogen) atoms. The highest BCUT2D eigenvalue weighted by Crippen LogP contribution is 2.36. The summed E-state index contributed by atoms with van der Waals surface area (Å²) in [5.41, 5.74) is 1.73. The van der Waals surface area contributed by atoms with Gasteiger partial charge in [0.05, 0.1) is 5.70 Å². The van der Waals surface area contributed by atoms with Crippen molar-refractivity contribution in [3.63, 3.8) is 0 Å². The van der Waals surface area contributed by atoms with Crippen molar-refractivity contribution >= 4 is 6.21 Å². The fourth-order valence-corrected chi connectivity index (χ4v) is 2.29. The summed E-state index contributed by atoms with van der Waals surface area (Å²) in [5, 5.41) is 0. The average Bonchev–Trinajstić information content (AvgIpc) is 2.16. The zero-order valence-corrected chi connectivity index (χ0v) is 10.2. The van der Waals surface area contributed by atoms with Crippen LogP contribution in [0.5, 0.6) is 0 Å². The normalized spacial score (nSPS) is 20.5. The van der Waals surface area contributed by atoms with Crippen LogP contribution in [-0.2, 0) is 0 Å². The lowest BCUT2D eigenvalue weighted by molar-refractivity contribution is 0.0438. The molecule has 0 aromatic heterocycles. The fourth-order valence-electron chi connectivity index (χ4n) is 2.29. The molecule has 0 amide bonds. The summed E-state index contributed by atoms with van der Waals surface area (Å²) in [7, 11) is 0. The second-order valence-electron chi connectivity index (χ2n) is 4.59. The molecule has 0 N–H and O–H groups in total. The number of hydrogen-bond donors (Lipinski definition) is 0. The van der Waals surface area contributed by atoms with Crippen molar-refractivity contribution in [1.82, 2.24) is 4.90 Å². The van der Waals surface area contributed by atoms with Gasteiger partial charge in [0.15, 0.2) is 0 Å². The van der Waals surface area contributed by atoms with E-state index in [1.54, 1.807) is 6.20 Å². The van der Waals surface area contributed by atoms with Crippen LogP contribution in [0.25, 0.3) is 0 Å². The van der Waals surface area contributed by atoms with Crippen LogP contribution in [0.15, 0.2) is 29.5 Å². The van der Waals surface area contributed by atoms with Gasteiger partial charge in [-0.25, -0.2) is 0 Å². The molecule has 0 radical (unpaired) electrons. The molecule has 0 atom stereocenters. The third kappa shape index (κ3) is 2.95. The Hall–Kier alpha value is -1.05. The summed E-state index contributed by atoms with van der Waals surface area (Å²) in [5.74, 6) is 0. The quantitative estimate of drug-likeness (QED) is 0.631. The standard InChI is InChI=1S/C13H22N2/c1-5-8-13(4)10-15(11-13)12(6-2)9-14-7-3/h6-7,9H,3,5,8,10-11H2,1-2,4H3/b12-6+,14-9?. The lowest BCUT2D eigenvalue weighted by atomic mass is 9.78. The van der Waals surface area contributed by atoms with E-state index < -0.39 is 0 Å². The van der Waals surface area contributed by atoms with E-state index in [1.807, 2.05) is 6.21 Å². The summed E-state index contributed by atoms with van der Waals surface area (Å²) in [6.07, 6.45) is 8.17. The molecule has 1 aliphatic heterocycles. The topological polar surface area (TPSA) is 15.6 Å². The molecule has 0 bridgehead atoms. The highest BCUT2D eigenvalue weighted by atomic mass is 15.2. The van der Waals surface area contributed by atoms with E-state index in [9.17, 15) is 0 Å². The smallest absolute Gasteiger partial charge is 0.0509 e. The second kappa shape index (κ2) is 5.15. The van der Waals surface area contributed by atoms with Gasteiger partial charge in [-0.3, -0.25) is 4.99 Å². The van der Waals surface area contributed by atoms with Gasteiger partial charge in [0.1, 0.15) is 0 Å². The third-order valence-electron chi connectivity index (χ3n) is 2.97. The van der Waals surface area contributed by atoms with Crippen LogP contribution in [0.2, 0.25) is 0 Å². The predicted molar refractivity (Wildman–Crippen MR) is 67.0 cm³/mol. The molecular formula is C13H22N2. The average molecular weight is 206 g/mol. The van der Waals surface area contributed by atoms with Crippen molar-refractivity contribution in [3.8, 4) is 0 Å². The summed E-state index contributed by atoms with van der Waals surface area (Å²) < 4.78 is 0. The molecule has 0 unspecified atom stereocenters. The molecule has 1 heterocycles. The lowest BCUT2D eigenvalue weighted by Crippen LogP contribution is -2.53. The Labute approximate surface area is 93.4 Å². The number of allylic oxidation sites excluding steroid dienone is 2. The van der Waals surface area contributed by atoms with Gasteiger partial charge in [0.25, 0.3) is 0 Å². The Morgan fingerprint density at radius 2 is 2.20 bits per heavy atom. The van der Waals surface area contributed by atoms with Crippen LogP contribution in [0.1, 0.15) is 33.6 Å². The molecule has 1 fully saturated rings. The number of hydrogen-bond acceptors (Lipinski definition) is 2. The highest BCUT2D eigenvalue weighted by Gasteiger charge is 2.37. The first-order valence-corrected chi connectivity index (χ1v) is 5.70. The molecule has 1 saturated heterocycles. The number of likely N-dealkylation sites (tertiary alicyclic amines) is 1. The summed E-state index contributed by atoms with van der Waals surface area (Å²) in [6.45, 7) is 12.6. The minimum Gasteiger partial charge on any atom is -0.369 e. The van der Waals surface area contributed by atoms with Crippen molar-refractivity contribution < 1.29 is 0 Å². The predicted octanol–water partition coefficient (Wildman–Crippen LogP) is 3.23. The van der Waals surface area contributed by atoms with Crippen molar-refractivity contribution in [1.29, 1.82) is 0 Å². The van der Waals surface area contributed by atoms with E-state index in [4.69, 9.17) is 0 Å². The van der Waals surface area contributed by atoms with Crippen LogP contribution in [0, 0.1) is 5.41 Å². The van der Waals surface area contributed by atoms with E-state index in [0.717, 1.165) is 13.1 Å².